The molecule has 1 aliphatic rings. The van der Waals surface area contributed by atoms with Crippen LogP contribution < -0.4 is 4.74 Å². The van der Waals surface area contributed by atoms with E-state index in [1.54, 1.807) is 12.1 Å². The summed E-state index contributed by atoms with van der Waals surface area (Å²) in [5.74, 6) is -3.62. The molecule has 1 fully saturated rings. The van der Waals surface area contributed by atoms with Crippen LogP contribution in [0.3, 0.4) is 0 Å². The molecule has 0 radical (unpaired) electrons. The maximum Gasteiger partial charge on any atom is 0.426 e. The van der Waals surface area contributed by atoms with Crippen molar-refractivity contribution in [3.8, 4) is 5.75 Å². The van der Waals surface area contributed by atoms with Crippen LogP contribution in [-0.4, -0.2) is 0 Å². The van der Waals surface area contributed by atoms with E-state index in [2.05, 4.69) is 11.7 Å². The second-order valence-electron chi connectivity index (χ2n) is 9.50. The van der Waals surface area contributed by atoms with Crippen molar-refractivity contribution >= 4 is 0 Å². The first kappa shape index (κ1) is 27.3. The fourth-order valence-electron chi connectivity index (χ4n) is 4.81. The first-order valence-electron chi connectivity index (χ1n) is 12.2. The zero-order valence-electron chi connectivity index (χ0n) is 19.7. The minimum absolute atomic E-state index is 0.104. The Labute approximate surface area is 201 Å². The van der Waals surface area contributed by atoms with Crippen LogP contribution in [0.1, 0.15) is 81.4 Å². The van der Waals surface area contributed by atoms with Gasteiger partial charge in [-0.25, -0.2) is 8.78 Å². The van der Waals surface area contributed by atoms with Crippen molar-refractivity contribution in [2.24, 2.45) is 11.8 Å². The summed E-state index contributed by atoms with van der Waals surface area (Å²) in [5.41, 5.74) is -1.82. The fourth-order valence-corrected chi connectivity index (χ4v) is 4.81. The molecule has 0 aromatic heterocycles. The van der Waals surface area contributed by atoms with Crippen molar-refractivity contribution in [2.75, 3.05) is 0 Å². The van der Waals surface area contributed by atoms with Crippen LogP contribution in [0.25, 0.3) is 0 Å². The lowest BCUT2D eigenvalue weighted by atomic mass is 9.78. The van der Waals surface area contributed by atoms with Crippen LogP contribution in [-0.2, 0) is 18.7 Å². The fraction of sp³-hybridized carbons (Fsp3) is 0.556. The molecule has 0 spiro atoms. The van der Waals surface area contributed by atoms with Gasteiger partial charge in [-0.1, -0.05) is 70.4 Å². The molecule has 0 saturated heterocycles. The molecular weight excluding hydrogens is 473 g/mol. The summed E-state index contributed by atoms with van der Waals surface area (Å²) in [5, 5.41) is 0. The highest BCUT2D eigenvalue weighted by molar-refractivity contribution is 5.33. The van der Waals surface area contributed by atoms with Gasteiger partial charge in [-0.3, -0.25) is 0 Å². The van der Waals surface area contributed by atoms with Gasteiger partial charge in [0.1, 0.15) is 22.9 Å². The SMILES string of the molecule is CCCCC[C@H]1CC[C@H](CCc2ccc(C(F)(F)Oc3cc(F)c(C(F)(F)F)c(F)c3)cc2)CC1. The Hall–Kier alpha value is -2.25. The van der Waals surface area contributed by atoms with E-state index in [1.807, 2.05) is 0 Å². The van der Waals surface area contributed by atoms with Crippen molar-refractivity contribution < 1.29 is 35.5 Å². The molecule has 0 unspecified atom stereocenters. The molecule has 0 heterocycles. The molecule has 194 valence electrons. The number of hydrogen-bond acceptors (Lipinski definition) is 1. The normalized spacial score (nSPS) is 19.1. The van der Waals surface area contributed by atoms with Gasteiger partial charge in [0.2, 0.25) is 0 Å². The van der Waals surface area contributed by atoms with E-state index in [-0.39, 0.29) is 12.1 Å². The molecule has 0 amide bonds. The Kier molecular flexibility index (Phi) is 9.11. The summed E-state index contributed by atoms with van der Waals surface area (Å²) < 4.78 is 98.8. The molecule has 1 aliphatic carbocycles. The van der Waals surface area contributed by atoms with E-state index < -0.39 is 40.8 Å². The van der Waals surface area contributed by atoms with Gasteiger partial charge in [-0.05, 0) is 42.4 Å². The zero-order valence-corrected chi connectivity index (χ0v) is 19.7. The molecule has 0 atom stereocenters. The Balaban J connectivity index is 1.54. The lowest BCUT2D eigenvalue weighted by Gasteiger charge is -2.28. The van der Waals surface area contributed by atoms with E-state index in [0.717, 1.165) is 36.5 Å². The monoisotopic (exact) mass is 504 g/mol. The minimum atomic E-state index is -5.29. The molecule has 2 aromatic rings. The van der Waals surface area contributed by atoms with Crippen molar-refractivity contribution in [2.45, 2.75) is 83.4 Å². The Morgan fingerprint density at radius 3 is 1.86 bits per heavy atom. The summed E-state index contributed by atoms with van der Waals surface area (Å²) in [6, 6.07) is 5.64. The lowest BCUT2D eigenvalue weighted by Crippen LogP contribution is -2.22. The predicted octanol–water partition coefficient (Wildman–Crippen LogP) is 9.43. The van der Waals surface area contributed by atoms with Crippen molar-refractivity contribution in [1.82, 2.24) is 0 Å². The Morgan fingerprint density at radius 1 is 0.800 bits per heavy atom. The highest BCUT2D eigenvalue weighted by Crippen LogP contribution is 2.38. The van der Waals surface area contributed by atoms with Gasteiger partial charge in [-0.2, -0.15) is 22.0 Å². The second-order valence-corrected chi connectivity index (χ2v) is 9.50. The first-order chi connectivity index (χ1) is 16.5. The number of unbranched alkanes of at least 4 members (excludes halogenated alkanes) is 2. The van der Waals surface area contributed by atoms with Crippen LogP contribution in [0.4, 0.5) is 30.7 Å². The molecule has 2 aromatic carbocycles. The molecule has 0 N–H and O–H groups in total. The maximum absolute atomic E-state index is 14.5. The summed E-state index contributed by atoms with van der Waals surface area (Å²) in [7, 11) is 0. The number of rotatable bonds is 10. The minimum Gasteiger partial charge on any atom is -0.429 e. The van der Waals surface area contributed by atoms with E-state index in [0.29, 0.717) is 5.92 Å². The second kappa shape index (κ2) is 11.7. The van der Waals surface area contributed by atoms with Gasteiger partial charge in [0.15, 0.2) is 0 Å². The third-order valence-electron chi connectivity index (χ3n) is 6.86. The third kappa shape index (κ3) is 7.61. The molecule has 0 bridgehead atoms. The summed E-state index contributed by atoms with van der Waals surface area (Å²) in [4.78, 5) is 0. The van der Waals surface area contributed by atoms with Crippen molar-refractivity contribution in [3.63, 3.8) is 0 Å². The smallest absolute Gasteiger partial charge is 0.426 e. The molecule has 8 heteroatoms. The number of alkyl halides is 5. The highest BCUT2D eigenvalue weighted by atomic mass is 19.4. The molecule has 1 saturated carbocycles. The Bertz CT molecular complexity index is 922. The van der Waals surface area contributed by atoms with E-state index in [9.17, 15) is 30.7 Å². The average molecular weight is 505 g/mol. The molecular formula is C27H31F7O. The van der Waals surface area contributed by atoms with Crippen LogP contribution in [0.15, 0.2) is 36.4 Å². The number of hydrogen-bond donors (Lipinski definition) is 0. The van der Waals surface area contributed by atoms with Crippen LogP contribution >= 0.6 is 0 Å². The predicted molar refractivity (Wildman–Crippen MR) is 120 cm³/mol. The number of aryl methyl sites for hydroxylation is 1. The van der Waals surface area contributed by atoms with Gasteiger partial charge < -0.3 is 4.74 Å². The zero-order chi connectivity index (χ0) is 25.6. The molecule has 1 nitrogen and oxygen atoms in total. The topological polar surface area (TPSA) is 9.23 Å². The van der Waals surface area contributed by atoms with Crippen LogP contribution in [0, 0.1) is 23.5 Å². The highest BCUT2D eigenvalue weighted by Gasteiger charge is 2.40. The number of benzene rings is 2. The van der Waals surface area contributed by atoms with Crippen LogP contribution in [0.2, 0.25) is 0 Å². The quantitative estimate of drug-likeness (QED) is 0.231. The molecule has 0 aliphatic heterocycles. The van der Waals surface area contributed by atoms with E-state index in [1.165, 1.54) is 51.4 Å². The van der Waals surface area contributed by atoms with Crippen LogP contribution in [0.5, 0.6) is 5.75 Å². The van der Waals surface area contributed by atoms with Crippen molar-refractivity contribution in [1.29, 1.82) is 0 Å². The summed E-state index contributed by atoms with van der Waals surface area (Å²) >= 11 is 0. The lowest BCUT2D eigenvalue weighted by molar-refractivity contribution is -0.185. The Morgan fingerprint density at radius 2 is 1.34 bits per heavy atom. The van der Waals surface area contributed by atoms with Gasteiger partial charge in [-0.15, -0.1) is 0 Å². The first-order valence-corrected chi connectivity index (χ1v) is 12.2. The third-order valence-corrected chi connectivity index (χ3v) is 6.86. The van der Waals surface area contributed by atoms with Crippen molar-refractivity contribution in [3.05, 3.63) is 64.7 Å². The number of ether oxygens (including phenoxy) is 1. The summed E-state index contributed by atoms with van der Waals surface area (Å²) in [6.45, 7) is 2.21. The molecule has 35 heavy (non-hydrogen) atoms. The standard InChI is InChI=1S/C27H31F7O/c1-2-3-4-5-18-6-8-19(9-7-18)10-11-20-12-14-21(15-13-20)27(33,34)35-22-16-23(28)25(24(29)17-22)26(30,31)32/h12-19H,2-11H2,1H3/t18-,19-. The van der Waals surface area contributed by atoms with Gasteiger partial charge >= 0.3 is 12.3 Å². The maximum atomic E-state index is 14.5. The van der Waals surface area contributed by atoms with Gasteiger partial charge in [0, 0.05) is 12.1 Å². The average Bonchev–Trinajstić information content (AvgIpc) is 2.77. The van der Waals surface area contributed by atoms with E-state index in [4.69, 9.17) is 0 Å². The number of halogens is 7. The largest absolute Gasteiger partial charge is 0.429 e. The summed E-state index contributed by atoms with van der Waals surface area (Å²) in [6.07, 6.45) is 2.50. The van der Waals surface area contributed by atoms with Gasteiger partial charge in [0.25, 0.3) is 0 Å². The molecule has 3 rings (SSSR count). The van der Waals surface area contributed by atoms with E-state index >= 15 is 0 Å². The van der Waals surface area contributed by atoms with Gasteiger partial charge in [0.05, 0.1) is 5.56 Å².